The van der Waals surface area contributed by atoms with Crippen LogP contribution < -0.4 is 80.2 Å². The molecule has 0 aliphatic carbocycles. The smallest absolute Gasteiger partial charge is 0.756 e. The molecule has 2 aromatic rings. The van der Waals surface area contributed by atoms with E-state index in [0.29, 0.717) is 0 Å². The fourth-order valence-corrected chi connectivity index (χ4v) is 5.86. The summed E-state index contributed by atoms with van der Waals surface area (Å²) in [6.07, 6.45) is -14.3. The van der Waals surface area contributed by atoms with Gasteiger partial charge in [0.25, 0.3) is 21.2 Å². The van der Waals surface area contributed by atoms with E-state index in [2.05, 4.69) is 28.3 Å². The Morgan fingerprint density at radius 3 is 2.35 bits per heavy atom. The number of fused-ring (bicyclic) bond motifs is 1. The number of imidazole rings is 1. The number of nitrogen functional groups attached to an aromatic ring is 1. The third kappa shape index (κ3) is 7.79. The van der Waals surface area contributed by atoms with Gasteiger partial charge >= 0.3 is 59.1 Å². The summed E-state index contributed by atoms with van der Waals surface area (Å²) in [5.41, 5.74) is 4.52. The SMILES string of the molecule is C[C@@H]1OC(OP(=O)([O-])OP(=O)([O-])OC[C@H]2O[C@@H](n3cnc4c(=O)[nH]c(N)nc43)[C@H](O)[C@@H]2O)[C@@H](O)[C@H](O)[C@@H]1O.[Na+].[Na+]. The van der Waals surface area contributed by atoms with Crippen molar-refractivity contribution in [2.24, 2.45) is 0 Å². The summed E-state index contributed by atoms with van der Waals surface area (Å²) in [7, 11) is -11.6. The number of phosphoric ester groups is 2. The normalized spacial score (nSPS) is 35.4. The van der Waals surface area contributed by atoms with Gasteiger partial charge < -0.3 is 55.1 Å². The first kappa shape index (κ1) is 36.3. The number of hydrogen-bond donors (Lipinski definition) is 7. The van der Waals surface area contributed by atoms with E-state index >= 15 is 0 Å². The molecule has 4 heterocycles. The zero-order valence-electron chi connectivity index (χ0n) is 21.1. The van der Waals surface area contributed by atoms with Crippen LogP contribution in [0.3, 0.4) is 0 Å². The number of aliphatic hydroxyl groups excluding tert-OH is 5. The molecule has 2 aliphatic heterocycles. The zero-order valence-corrected chi connectivity index (χ0v) is 26.9. The van der Waals surface area contributed by atoms with Gasteiger partial charge in [-0.2, -0.15) is 4.98 Å². The summed E-state index contributed by atoms with van der Waals surface area (Å²) in [6, 6.07) is 0. The minimum Gasteiger partial charge on any atom is -0.756 e. The van der Waals surface area contributed by atoms with Crippen molar-refractivity contribution in [1.82, 2.24) is 19.5 Å². The number of H-pyrrole nitrogens is 1. The quantitative estimate of drug-likeness (QED) is 0.105. The molecular weight excluding hydrogens is 610 g/mol. The summed E-state index contributed by atoms with van der Waals surface area (Å²) < 4.78 is 48.3. The van der Waals surface area contributed by atoms with Gasteiger partial charge in [-0.3, -0.25) is 28.0 Å². The maximum Gasteiger partial charge on any atom is 1.00 e. The van der Waals surface area contributed by atoms with E-state index in [1.54, 1.807) is 0 Å². The molecule has 0 amide bonds. The van der Waals surface area contributed by atoms with Crippen LogP contribution in [0.25, 0.3) is 11.2 Å². The van der Waals surface area contributed by atoms with Gasteiger partial charge in [-0.05, 0) is 6.92 Å². The third-order valence-electron chi connectivity index (χ3n) is 5.70. The number of aromatic amines is 1. The summed E-state index contributed by atoms with van der Waals surface area (Å²) in [5, 5.41) is 49.9. The van der Waals surface area contributed by atoms with Gasteiger partial charge in [0.2, 0.25) is 5.95 Å². The molecule has 0 aromatic carbocycles. The van der Waals surface area contributed by atoms with Gasteiger partial charge in [0.15, 0.2) is 23.7 Å². The first-order valence-electron chi connectivity index (χ1n) is 10.7. The number of phosphoric acid groups is 2. The number of hydrogen-bond acceptors (Lipinski definition) is 18. The fourth-order valence-electron chi connectivity index (χ4n) is 3.78. The van der Waals surface area contributed by atoms with Crippen LogP contribution in [0.1, 0.15) is 13.2 Å². The van der Waals surface area contributed by atoms with Crippen molar-refractivity contribution >= 4 is 32.8 Å². The average molecular weight is 633 g/mol. The van der Waals surface area contributed by atoms with Crippen molar-refractivity contribution in [3.63, 3.8) is 0 Å². The average Bonchev–Trinajstić information content (AvgIpc) is 3.35. The number of rotatable bonds is 8. The first-order chi connectivity index (χ1) is 17.6. The molecule has 0 radical (unpaired) electrons. The predicted molar refractivity (Wildman–Crippen MR) is 114 cm³/mol. The Labute approximate surface area is 268 Å². The number of nitrogens with zero attached hydrogens (tertiary/aromatic N) is 3. The number of nitrogens with one attached hydrogen (secondary N) is 1. The van der Waals surface area contributed by atoms with Crippen LogP contribution in [0, 0.1) is 0 Å². The minimum atomic E-state index is -5.82. The van der Waals surface area contributed by atoms with Crippen molar-refractivity contribution in [3.05, 3.63) is 16.7 Å². The monoisotopic (exact) mass is 633 g/mol. The fraction of sp³-hybridized carbons (Fsp3) is 0.688. The molecule has 2 aliphatic rings. The Balaban J connectivity index is 0.00000280. The van der Waals surface area contributed by atoms with E-state index < -0.39 is 83.1 Å². The Kier molecular flexibility index (Phi) is 12.6. The molecule has 40 heavy (non-hydrogen) atoms. The van der Waals surface area contributed by atoms with Crippen LogP contribution in [-0.4, -0.2) is 101 Å². The van der Waals surface area contributed by atoms with Crippen LogP contribution in [0.4, 0.5) is 5.95 Å². The molecule has 214 valence electrons. The van der Waals surface area contributed by atoms with Crippen LogP contribution in [0.15, 0.2) is 11.1 Å². The molecule has 2 aromatic heterocycles. The molecule has 2 saturated heterocycles. The number of anilines is 1. The molecule has 8 N–H and O–H groups in total. The molecule has 24 heteroatoms. The van der Waals surface area contributed by atoms with E-state index in [1.165, 1.54) is 6.92 Å². The molecule has 2 fully saturated rings. The van der Waals surface area contributed by atoms with Crippen LogP contribution in [-0.2, 0) is 32.0 Å². The van der Waals surface area contributed by atoms with Gasteiger partial charge in [0.05, 0.1) is 19.0 Å². The second-order valence-corrected chi connectivity index (χ2v) is 11.3. The molecule has 0 saturated carbocycles. The van der Waals surface area contributed by atoms with E-state index in [0.717, 1.165) is 10.9 Å². The van der Waals surface area contributed by atoms with E-state index in [9.17, 15) is 49.2 Å². The number of nitrogens with two attached hydrogens (primary N) is 1. The molecule has 0 spiro atoms. The summed E-state index contributed by atoms with van der Waals surface area (Å²) >= 11 is 0. The molecule has 11 atom stereocenters. The topological polar surface area (TPSA) is 317 Å². The largest absolute Gasteiger partial charge is 1.00 e. The first-order valence-corrected chi connectivity index (χ1v) is 13.6. The standard InChI is InChI=1S/C16H25N5O15P2.2Na/c1-4-7(22)9(24)11(26)15(33-4)35-38(30,31)36-37(28,29)32-2-5-8(23)10(25)14(34-5)21-3-18-6-12(21)19-16(17)20-13(6)27;;/h3-5,7-11,14-15,22-26H,2H2,1H3,(H,28,29)(H,30,31)(H3,17,19,20,27);;/q;2*+1/p-2/t4-,5+,7+,8+,9+,10+,11-,14+,15?;;/m0../s1. The molecular formula is C16H23N5Na2O15P2. The minimum absolute atomic E-state index is 0. The molecule has 20 nitrogen and oxygen atoms in total. The maximum atomic E-state index is 12.1. The number of aliphatic hydroxyl groups is 5. The Bertz CT molecular complexity index is 1330. The Morgan fingerprint density at radius 1 is 1.05 bits per heavy atom. The van der Waals surface area contributed by atoms with Crippen molar-refractivity contribution in [2.45, 2.75) is 62.2 Å². The van der Waals surface area contributed by atoms with Gasteiger partial charge in [-0.25, -0.2) is 9.29 Å². The summed E-state index contributed by atoms with van der Waals surface area (Å²) in [6.45, 7) is 0.168. The van der Waals surface area contributed by atoms with E-state index in [-0.39, 0.29) is 76.2 Å². The summed E-state index contributed by atoms with van der Waals surface area (Å²) in [4.78, 5) is 46.1. The molecule has 3 unspecified atom stereocenters. The second-order valence-electron chi connectivity index (χ2n) is 8.38. The van der Waals surface area contributed by atoms with Gasteiger partial charge in [-0.1, -0.05) is 0 Å². The molecule has 4 rings (SSSR count). The van der Waals surface area contributed by atoms with Crippen molar-refractivity contribution in [2.75, 3.05) is 12.3 Å². The Morgan fingerprint density at radius 2 is 1.70 bits per heavy atom. The number of ether oxygens (including phenoxy) is 2. The summed E-state index contributed by atoms with van der Waals surface area (Å²) in [5.74, 6) is -0.280. The van der Waals surface area contributed by atoms with Gasteiger partial charge in [0.1, 0.15) is 36.6 Å². The van der Waals surface area contributed by atoms with Crippen LogP contribution >= 0.6 is 15.6 Å². The predicted octanol–water partition coefficient (Wildman–Crippen LogP) is -10.9. The van der Waals surface area contributed by atoms with E-state index in [1.807, 2.05) is 0 Å². The second kappa shape index (κ2) is 13.8. The Hall–Kier alpha value is 0.130. The maximum absolute atomic E-state index is 12.1. The van der Waals surface area contributed by atoms with Crippen molar-refractivity contribution < 1.29 is 126 Å². The molecule has 0 bridgehead atoms. The van der Waals surface area contributed by atoms with Gasteiger partial charge in [0, 0.05) is 0 Å². The van der Waals surface area contributed by atoms with E-state index in [4.69, 9.17) is 15.2 Å². The van der Waals surface area contributed by atoms with Crippen molar-refractivity contribution in [3.8, 4) is 0 Å². The third-order valence-corrected chi connectivity index (χ3v) is 8.23. The number of aromatic nitrogens is 4. The van der Waals surface area contributed by atoms with Crippen molar-refractivity contribution in [1.29, 1.82) is 0 Å². The zero-order chi connectivity index (χ0) is 28.2. The van der Waals surface area contributed by atoms with Crippen LogP contribution in [0.2, 0.25) is 0 Å². The van der Waals surface area contributed by atoms with Gasteiger partial charge in [-0.15, -0.1) is 0 Å². The van der Waals surface area contributed by atoms with Crippen LogP contribution in [0.5, 0.6) is 0 Å².